The van der Waals surface area contributed by atoms with Crippen LogP contribution in [0.5, 0.6) is 5.75 Å². The first-order valence-corrected chi connectivity index (χ1v) is 6.23. The van der Waals surface area contributed by atoms with Crippen LogP contribution in [-0.4, -0.2) is 5.11 Å². The largest absolute Gasteiger partial charge is 0.508 e. The second kappa shape index (κ2) is 5.69. The van der Waals surface area contributed by atoms with Crippen LogP contribution in [0.15, 0.2) is 48.5 Å². The van der Waals surface area contributed by atoms with Crippen LogP contribution in [-0.2, 0) is 6.54 Å². The van der Waals surface area contributed by atoms with Crippen LogP contribution in [0.25, 0.3) is 0 Å². The molecule has 2 heteroatoms. The van der Waals surface area contributed by atoms with E-state index in [9.17, 15) is 5.11 Å². The van der Waals surface area contributed by atoms with Crippen LogP contribution in [0.4, 0.5) is 0 Å². The first-order chi connectivity index (χ1) is 8.66. The van der Waals surface area contributed by atoms with E-state index in [0.29, 0.717) is 11.8 Å². The van der Waals surface area contributed by atoms with Crippen LogP contribution in [0.3, 0.4) is 0 Å². The second-order valence-corrected chi connectivity index (χ2v) is 4.63. The van der Waals surface area contributed by atoms with E-state index in [1.54, 1.807) is 12.1 Å². The van der Waals surface area contributed by atoms with Crippen LogP contribution >= 0.6 is 0 Å². The van der Waals surface area contributed by atoms with Crippen LogP contribution in [0.2, 0.25) is 0 Å². The molecular weight excluding hydrogens is 222 g/mol. The molecule has 94 valence electrons. The van der Waals surface area contributed by atoms with Crippen molar-refractivity contribution in [2.45, 2.75) is 26.4 Å². The summed E-state index contributed by atoms with van der Waals surface area (Å²) in [5.41, 5.74) is 3.81. The zero-order valence-corrected chi connectivity index (χ0v) is 10.9. The van der Waals surface area contributed by atoms with E-state index in [1.807, 2.05) is 12.1 Å². The first-order valence-electron chi connectivity index (χ1n) is 6.23. The highest BCUT2D eigenvalue weighted by atomic mass is 16.3. The third-order valence-electron chi connectivity index (χ3n) is 3.20. The molecule has 18 heavy (non-hydrogen) atoms. The van der Waals surface area contributed by atoms with Gasteiger partial charge in [0.2, 0.25) is 0 Å². The molecule has 0 saturated carbocycles. The van der Waals surface area contributed by atoms with Crippen molar-refractivity contribution in [1.82, 2.24) is 5.32 Å². The van der Waals surface area contributed by atoms with Crippen molar-refractivity contribution in [2.24, 2.45) is 0 Å². The Balaban J connectivity index is 1.98. The van der Waals surface area contributed by atoms with Crippen molar-refractivity contribution >= 4 is 0 Å². The summed E-state index contributed by atoms with van der Waals surface area (Å²) in [6, 6.07) is 16.1. The Morgan fingerprint density at radius 3 is 2.39 bits per heavy atom. The van der Waals surface area contributed by atoms with Crippen molar-refractivity contribution in [3.63, 3.8) is 0 Å². The number of phenolic OH excluding ortho intramolecular Hbond substituents is 1. The third kappa shape index (κ3) is 3.11. The fourth-order valence-electron chi connectivity index (χ4n) is 2.07. The van der Waals surface area contributed by atoms with Crippen molar-refractivity contribution in [2.75, 3.05) is 0 Å². The van der Waals surface area contributed by atoms with Crippen molar-refractivity contribution in [1.29, 1.82) is 0 Å². The summed E-state index contributed by atoms with van der Waals surface area (Å²) in [6.07, 6.45) is 0. The van der Waals surface area contributed by atoms with Crippen molar-refractivity contribution in [3.05, 3.63) is 65.2 Å². The minimum absolute atomic E-state index is 0.311. The molecule has 0 saturated heterocycles. The average Bonchev–Trinajstić information content (AvgIpc) is 2.38. The fraction of sp³-hybridized carbons (Fsp3) is 0.250. The quantitative estimate of drug-likeness (QED) is 0.858. The molecule has 0 aliphatic carbocycles. The van der Waals surface area contributed by atoms with Gasteiger partial charge in [-0.15, -0.1) is 0 Å². The first kappa shape index (κ1) is 12.7. The van der Waals surface area contributed by atoms with Gasteiger partial charge in [0, 0.05) is 12.6 Å². The average molecular weight is 241 g/mol. The van der Waals surface area contributed by atoms with E-state index < -0.39 is 0 Å². The minimum Gasteiger partial charge on any atom is -0.508 e. The predicted molar refractivity (Wildman–Crippen MR) is 74.5 cm³/mol. The maximum Gasteiger partial charge on any atom is 0.115 e. The van der Waals surface area contributed by atoms with Gasteiger partial charge in [0.05, 0.1) is 0 Å². The summed E-state index contributed by atoms with van der Waals surface area (Å²) in [7, 11) is 0. The van der Waals surface area contributed by atoms with Gasteiger partial charge in [0.1, 0.15) is 5.75 Å². The standard InChI is InChI=1S/C16H19NO/c1-12-5-3-4-6-16(12)13(2)17-11-14-7-9-15(18)10-8-14/h3-10,13,17-18H,11H2,1-2H3/t13-/m0/s1. The Labute approximate surface area is 108 Å². The van der Waals surface area contributed by atoms with E-state index in [2.05, 4.69) is 43.4 Å². The van der Waals surface area contributed by atoms with Gasteiger partial charge in [-0.25, -0.2) is 0 Å². The molecule has 0 spiro atoms. The number of rotatable bonds is 4. The molecule has 0 fully saturated rings. The summed E-state index contributed by atoms with van der Waals surface area (Å²) in [5.74, 6) is 0.311. The number of benzene rings is 2. The summed E-state index contributed by atoms with van der Waals surface area (Å²) in [6.45, 7) is 5.10. The molecule has 0 aromatic heterocycles. The van der Waals surface area contributed by atoms with Gasteiger partial charge in [-0.05, 0) is 42.7 Å². The van der Waals surface area contributed by atoms with Crippen molar-refractivity contribution in [3.8, 4) is 5.75 Å². The lowest BCUT2D eigenvalue weighted by Gasteiger charge is -2.16. The molecule has 0 amide bonds. The lowest BCUT2D eigenvalue weighted by atomic mass is 10.0. The molecule has 2 N–H and O–H groups in total. The van der Waals surface area contributed by atoms with E-state index in [1.165, 1.54) is 16.7 Å². The molecule has 2 rings (SSSR count). The fourth-order valence-corrected chi connectivity index (χ4v) is 2.07. The van der Waals surface area contributed by atoms with E-state index in [-0.39, 0.29) is 0 Å². The summed E-state index contributed by atoms with van der Waals surface area (Å²) < 4.78 is 0. The lowest BCUT2D eigenvalue weighted by molar-refractivity contribution is 0.474. The molecule has 0 heterocycles. The van der Waals surface area contributed by atoms with E-state index >= 15 is 0 Å². The SMILES string of the molecule is Cc1ccccc1[C@H](C)NCc1ccc(O)cc1. The molecule has 0 unspecified atom stereocenters. The Kier molecular flexibility index (Phi) is 4.00. The van der Waals surface area contributed by atoms with Gasteiger partial charge in [-0.2, -0.15) is 0 Å². The Morgan fingerprint density at radius 2 is 1.72 bits per heavy atom. The molecule has 1 atom stereocenters. The highest BCUT2D eigenvalue weighted by molar-refractivity contribution is 5.29. The normalized spacial score (nSPS) is 12.3. The smallest absolute Gasteiger partial charge is 0.115 e. The van der Waals surface area contributed by atoms with E-state index in [0.717, 1.165) is 6.54 Å². The summed E-state index contributed by atoms with van der Waals surface area (Å²) in [4.78, 5) is 0. The second-order valence-electron chi connectivity index (χ2n) is 4.63. The van der Waals surface area contributed by atoms with Gasteiger partial charge < -0.3 is 10.4 Å². The maximum atomic E-state index is 9.23. The topological polar surface area (TPSA) is 32.3 Å². The number of hydrogen-bond acceptors (Lipinski definition) is 2. The Morgan fingerprint density at radius 1 is 1.06 bits per heavy atom. The molecule has 2 aromatic carbocycles. The third-order valence-corrected chi connectivity index (χ3v) is 3.20. The number of hydrogen-bond donors (Lipinski definition) is 2. The molecule has 0 bridgehead atoms. The number of nitrogens with one attached hydrogen (secondary N) is 1. The Hall–Kier alpha value is -1.80. The van der Waals surface area contributed by atoms with Gasteiger partial charge >= 0.3 is 0 Å². The number of aryl methyl sites for hydroxylation is 1. The Bertz CT molecular complexity index is 505. The van der Waals surface area contributed by atoms with Gasteiger partial charge in [-0.3, -0.25) is 0 Å². The molecule has 2 aromatic rings. The molecular formula is C16H19NO. The number of aromatic hydroxyl groups is 1. The van der Waals surface area contributed by atoms with Crippen molar-refractivity contribution < 1.29 is 5.11 Å². The monoisotopic (exact) mass is 241 g/mol. The highest BCUT2D eigenvalue weighted by Crippen LogP contribution is 2.17. The van der Waals surface area contributed by atoms with Gasteiger partial charge in [0.15, 0.2) is 0 Å². The maximum absolute atomic E-state index is 9.23. The lowest BCUT2D eigenvalue weighted by Crippen LogP contribution is -2.18. The molecule has 0 aliphatic heterocycles. The highest BCUT2D eigenvalue weighted by Gasteiger charge is 2.06. The van der Waals surface area contributed by atoms with Gasteiger partial charge in [0.25, 0.3) is 0 Å². The van der Waals surface area contributed by atoms with Gasteiger partial charge in [-0.1, -0.05) is 36.4 Å². The van der Waals surface area contributed by atoms with Crippen LogP contribution in [0, 0.1) is 6.92 Å². The summed E-state index contributed by atoms with van der Waals surface area (Å²) in [5, 5.41) is 12.7. The summed E-state index contributed by atoms with van der Waals surface area (Å²) >= 11 is 0. The number of phenols is 1. The zero-order chi connectivity index (χ0) is 13.0. The van der Waals surface area contributed by atoms with Crippen LogP contribution in [0.1, 0.15) is 29.7 Å². The molecule has 2 nitrogen and oxygen atoms in total. The zero-order valence-electron chi connectivity index (χ0n) is 10.9. The molecule has 0 radical (unpaired) electrons. The van der Waals surface area contributed by atoms with Crippen LogP contribution < -0.4 is 5.32 Å². The van der Waals surface area contributed by atoms with E-state index in [4.69, 9.17) is 0 Å². The predicted octanol–water partition coefficient (Wildman–Crippen LogP) is 3.55. The molecule has 0 aliphatic rings. The minimum atomic E-state index is 0.311.